The Morgan fingerprint density at radius 1 is 1.04 bits per heavy atom. The Hall–Kier alpha value is -2.93. The molecule has 0 atom stereocenters. The summed E-state index contributed by atoms with van der Waals surface area (Å²) in [7, 11) is 2.98. The quantitative estimate of drug-likeness (QED) is 0.566. The summed E-state index contributed by atoms with van der Waals surface area (Å²) in [5, 5.41) is 5.96. The van der Waals surface area contributed by atoms with Crippen molar-refractivity contribution < 1.29 is 19.1 Å². The summed E-state index contributed by atoms with van der Waals surface area (Å²) in [6, 6.07) is 8.20. The fourth-order valence-corrected chi connectivity index (χ4v) is 2.12. The van der Waals surface area contributed by atoms with Crippen molar-refractivity contribution in [2.75, 3.05) is 38.0 Å². The van der Waals surface area contributed by atoms with E-state index in [1.54, 1.807) is 43.6 Å². The number of ether oxygens (including phenoxy) is 2. The average Bonchev–Trinajstić information content (AvgIpc) is 2.65. The lowest BCUT2D eigenvalue weighted by molar-refractivity contribution is 0.0600. The van der Waals surface area contributed by atoms with Crippen LogP contribution in [0.3, 0.4) is 0 Å². The summed E-state index contributed by atoms with van der Waals surface area (Å²) in [5.41, 5.74) is 2.21. The Bertz CT molecular complexity index is 717. The lowest BCUT2D eigenvalue weighted by Gasteiger charge is -2.09. The van der Waals surface area contributed by atoms with Crippen LogP contribution in [0.5, 0.6) is 0 Å². The number of benzene rings is 1. The topological polar surface area (TPSA) is 89.5 Å². The zero-order chi connectivity index (χ0) is 18.1. The molecule has 132 valence electrons. The number of anilines is 2. The van der Waals surface area contributed by atoms with Gasteiger partial charge in [0.2, 0.25) is 0 Å². The van der Waals surface area contributed by atoms with Gasteiger partial charge in [0, 0.05) is 38.3 Å². The van der Waals surface area contributed by atoms with Crippen molar-refractivity contribution in [1.29, 1.82) is 0 Å². The van der Waals surface area contributed by atoms with Gasteiger partial charge in [0.25, 0.3) is 5.91 Å². The predicted octanol–water partition coefficient (Wildman–Crippen LogP) is 2.57. The van der Waals surface area contributed by atoms with E-state index in [1.165, 1.54) is 13.3 Å². The third kappa shape index (κ3) is 5.58. The molecule has 2 rings (SSSR count). The van der Waals surface area contributed by atoms with E-state index in [1.807, 2.05) is 0 Å². The van der Waals surface area contributed by atoms with E-state index < -0.39 is 5.97 Å². The number of carbonyl (C=O) groups is 2. The zero-order valence-corrected chi connectivity index (χ0v) is 14.2. The molecule has 0 unspecified atom stereocenters. The molecular weight excluding hydrogens is 322 g/mol. The van der Waals surface area contributed by atoms with Crippen LogP contribution >= 0.6 is 0 Å². The molecule has 0 saturated carbocycles. The molecule has 0 bridgehead atoms. The molecule has 0 aliphatic carbocycles. The van der Waals surface area contributed by atoms with Crippen molar-refractivity contribution in [2.24, 2.45) is 0 Å². The van der Waals surface area contributed by atoms with Gasteiger partial charge in [0.05, 0.1) is 23.9 Å². The Morgan fingerprint density at radius 3 is 2.48 bits per heavy atom. The number of rotatable bonds is 8. The third-order valence-corrected chi connectivity index (χ3v) is 3.42. The molecule has 0 radical (unpaired) electrons. The van der Waals surface area contributed by atoms with E-state index >= 15 is 0 Å². The minimum Gasteiger partial charge on any atom is -0.465 e. The number of methoxy groups -OCH3 is 2. The first-order chi connectivity index (χ1) is 12.1. The standard InChI is InChI=1S/C18H21N3O4/c1-24-9-3-8-20-16-10-14(11-19-12-16)17(22)21-15-6-4-13(5-7-15)18(23)25-2/h4-7,10-12,20H,3,8-9H2,1-2H3,(H,21,22). The summed E-state index contributed by atoms with van der Waals surface area (Å²) in [4.78, 5) is 27.8. The number of nitrogens with zero attached hydrogens (tertiary/aromatic N) is 1. The van der Waals surface area contributed by atoms with E-state index in [4.69, 9.17) is 4.74 Å². The van der Waals surface area contributed by atoms with Gasteiger partial charge in [0.1, 0.15) is 0 Å². The second-order valence-electron chi connectivity index (χ2n) is 5.26. The van der Waals surface area contributed by atoms with Gasteiger partial charge in [-0.2, -0.15) is 0 Å². The van der Waals surface area contributed by atoms with Crippen molar-refractivity contribution in [2.45, 2.75) is 6.42 Å². The van der Waals surface area contributed by atoms with Crippen molar-refractivity contribution in [3.8, 4) is 0 Å². The molecule has 7 nitrogen and oxygen atoms in total. The van der Waals surface area contributed by atoms with Crippen LogP contribution < -0.4 is 10.6 Å². The van der Waals surface area contributed by atoms with Gasteiger partial charge in [-0.05, 0) is 36.8 Å². The number of nitrogens with one attached hydrogen (secondary N) is 2. The molecule has 1 amide bonds. The van der Waals surface area contributed by atoms with E-state index in [-0.39, 0.29) is 5.91 Å². The Balaban J connectivity index is 1.97. The average molecular weight is 343 g/mol. The van der Waals surface area contributed by atoms with Gasteiger partial charge < -0.3 is 20.1 Å². The summed E-state index contributed by atoms with van der Waals surface area (Å²) in [6.07, 6.45) is 4.02. The molecule has 2 N–H and O–H groups in total. The van der Waals surface area contributed by atoms with Crippen LogP contribution in [0, 0.1) is 0 Å². The predicted molar refractivity (Wildman–Crippen MR) is 95.0 cm³/mol. The number of amides is 1. The van der Waals surface area contributed by atoms with E-state index in [9.17, 15) is 9.59 Å². The molecule has 1 aromatic heterocycles. The van der Waals surface area contributed by atoms with Crippen LogP contribution in [0.2, 0.25) is 0 Å². The molecule has 7 heteroatoms. The zero-order valence-electron chi connectivity index (χ0n) is 14.2. The highest BCUT2D eigenvalue weighted by molar-refractivity contribution is 6.04. The van der Waals surface area contributed by atoms with Crippen molar-refractivity contribution in [3.05, 3.63) is 53.9 Å². The fourth-order valence-electron chi connectivity index (χ4n) is 2.12. The second kappa shape index (κ2) is 9.39. The number of hydrogen-bond acceptors (Lipinski definition) is 6. The number of carbonyl (C=O) groups excluding carboxylic acids is 2. The van der Waals surface area contributed by atoms with Gasteiger partial charge in [-0.25, -0.2) is 4.79 Å². The second-order valence-corrected chi connectivity index (χ2v) is 5.26. The normalized spacial score (nSPS) is 10.2. The molecule has 0 aliphatic heterocycles. The molecule has 25 heavy (non-hydrogen) atoms. The molecule has 1 aromatic carbocycles. The number of aromatic nitrogens is 1. The minimum atomic E-state index is -0.422. The maximum atomic E-state index is 12.3. The van der Waals surface area contributed by atoms with Gasteiger partial charge in [-0.3, -0.25) is 9.78 Å². The number of pyridine rings is 1. The van der Waals surface area contributed by atoms with E-state index in [2.05, 4.69) is 20.4 Å². The highest BCUT2D eigenvalue weighted by Gasteiger charge is 2.09. The van der Waals surface area contributed by atoms with Gasteiger partial charge >= 0.3 is 5.97 Å². The van der Waals surface area contributed by atoms with Crippen LogP contribution in [0.1, 0.15) is 27.1 Å². The highest BCUT2D eigenvalue weighted by atomic mass is 16.5. The Morgan fingerprint density at radius 2 is 1.80 bits per heavy atom. The van der Waals surface area contributed by atoms with Crippen LogP contribution in [-0.4, -0.2) is 44.2 Å². The first-order valence-electron chi connectivity index (χ1n) is 7.81. The molecule has 1 heterocycles. The first-order valence-corrected chi connectivity index (χ1v) is 7.81. The van der Waals surface area contributed by atoms with Gasteiger partial charge in [-0.15, -0.1) is 0 Å². The lowest BCUT2D eigenvalue weighted by atomic mass is 10.2. The number of hydrogen-bond donors (Lipinski definition) is 2. The number of esters is 1. The third-order valence-electron chi connectivity index (χ3n) is 3.42. The Labute approximate surface area is 146 Å². The molecular formula is C18H21N3O4. The van der Waals surface area contributed by atoms with E-state index in [0.29, 0.717) is 23.4 Å². The van der Waals surface area contributed by atoms with Gasteiger partial charge in [0.15, 0.2) is 0 Å². The van der Waals surface area contributed by atoms with Crippen molar-refractivity contribution in [3.63, 3.8) is 0 Å². The van der Waals surface area contributed by atoms with E-state index in [0.717, 1.165) is 18.7 Å². The molecule has 0 saturated heterocycles. The van der Waals surface area contributed by atoms with Crippen molar-refractivity contribution >= 4 is 23.3 Å². The fraction of sp³-hybridized carbons (Fsp3) is 0.278. The van der Waals surface area contributed by atoms with Crippen LogP contribution in [0.4, 0.5) is 11.4 Å². The Kier molecular flexibility index (Phi) is 6.91. The molecule has 0 fully saturated rings. The largest absolute Gasteiger partial charge is 0.465 e. The monoisotopic (exact) mass is 343 g/mol. The SMILES string of the molecule is COCCCNc1cncc(C(=O)Nc2ccc(C(=O)OC)cc2)c1. The summed E-state index contributed by atoms with van der Waals surface area (Å²) >= 11 is 0. The van der Waals surface area contributed by atoms with Crippen LogP contribution in [-0.2, 0) is 9.47 Å². The maximum Gasteiger partial charge on any atom is 0.337 e. The lowest BCUT2D eigenvalue weighted by Crippen LogP contribution is -2.13. The highest BCUT2D eigenvalue weighted by Crippen LogP contribution is 2.14. The molecule has 2 aromatic rings. The minimum absolute atomic E-state index is 0.279. The summed E-state index contributed by atoms with van der Waals surface area (Å²) in [5.74, 6) is -0.701. The first kappa shape index (κ1) is 18.4. The van der Waals surface area contributed by atoms with Crippen LogP contribution in [0.25, 0.3) is 0 Å². The smallest absolute Gasteiger partial charge is 0.337 e. The summed E-state index contributed by atoms with van der Waals surface area (Å²) in [6.45, 7) is 1.40. The van der Waals surface area contributed by atoms with Crippen molar-refractivity contribution in [1.82, 2.24) is 4.98 Å². The molecule has 0 spiro atoms. The van der Waals surface area contributed by atoms with Crippen LogP contribution in [0.15, 0.2) is 42.7 Å². The molecule has 0 aliphatic rings. The van der Waals surface area contributed by atoms with Gasteiger partial charge in [-0.1, -0.05) is 0 Å². The summed E-state index contributed by atoms with van der Waals surface area (Å²) < 4.78 is 9.63. The maximum absolute atomic E-state index is 12.3.